The first-order valence-corrected chi connectivity index (χ1v) is 18.4. The monoisotopic (exact) mass is 609 g/mol. The second kappa shape index (κ2) is 29.4. The van der Waals surface area contributed by atoms with E-state index in [0.717, 1.165) is 57.8 Å². The van der Waals surface area contributed by atoms with E-state index in [1.54, 1.807) is 6.08 Å². The van der Waals surface area contributed by atoms with Gasteiger partial charge in [0.1, 0.15) is 0 Å². The number of amides is 1. The van der Waals surface area contributed by atoms with Crippen LogP contribution >= 0.6 is 0 Å². The van der Waals surface area contributed by atoms with E-state index in [0.29, 0.717) is 6.42 Å². The molecular formula is C35H63NO5S. The Morgan fingerprint density at radius 1 is 0.643 bits per heavy atom. The Kier molecular flexibility index (Phi) is 28.2. The summed E-state index contributed by atoms with van der Waals surface area (Å²) in [6.45, 7) is 4.36. The number of aliphatic hydroxyl groups is 1. The number of nitrogens with one attached hydrogen (secondary N) is 1. The zero-order valence-corrected chi connectivity index (χ0v) is 27.7. The largest absolute Gasteiger partial charge is 0.387 e. The molecule has 2 atom stereocenters. The molecule has 1 amide bonds. The highest BCUT2D eigenvalue weighted by molar-refractivity contribution is 7.85. The average molecular weight is 610 g/mol. The highest BCUT2D eigenvalue weighted by atomic mass is 32.2. The van der Waals surface area contributed by atoms with Gasteiger partial charge in [-0.25, -0.2) is 0 Å². The lowest BCUT2D eigenvalue weighted by molar-refractivity contribution is -0.122. The van der Waals surface area contributed by atoms with Gasteiger partial charge in [-0.2, -0.15) is 8.42 Å². The Balaban J connectivity index is 4.03. The average Bonchev–Trinajstić information content (AvgIpc) is 2.94. The molecule has 0 radical (unpaired) electrons. The van der Waals surface area contributed by atoms with Crippen molar-refractivity contribution in [1.29, 1.82) is 0 Å². The second-order valence-electron chi connectivity index (χ2n) is 11.4. The third-order valence-corrected chi connectivity index (χ3v) is 8.00. The molecule has 2 unspecified atom stereocenters. The van der Waals surface area contributed by atoms with E-state index in [4.69, 9.17) is 0 Å². The molecule has 0 aromatic carbocycles. The summed E-state index contributed by atoms with van der Waals surface area (Å²) in [6.07, 6.45) is 38.2. The SMILES string of the molecule is CC/C=C/CC/C=C/CC/C=C/C(O)C(CS(=O)(=O)O)NC(=O)CCCCCCCCC/C=C\CCCCCCCC. The van der Waals surface area contributed by atoms with Gasteiger partial charge in [0.25, 0.3) is 10.1 Å². The van der Waals surface area contributed by atoms with Gasteiger partial charge in [-0.3, -0.25) is 9.35 Å². The molecule has 0 aromatic rings. The first kappa shape index (κ1) is 40.3. The van der Waals surface area contributed by atoms with E-state index in [1.807, 2.05) is 0 Å². The molecule has 0 rings (SSSR count). The molecule has 0 saturated carbocycles. The van der Waals surface area contributed by atoms with Gasteiger partial charge in [-0.05, 0) is 64.2 Å². The Morgan fingerprint density at radius 2 is 1.10 bits per heavy atom. The van der Waals surface area contributed by atoms with Crippen LogP contribution in [0.2, 0.25) is 0 Å². The molecule has 0 fully saturated rings. The van der Waals surface area contributed by atoms with Crippen molar-refractivity contribution < 1.29 is 22.9 Å². The minimum absolute atomic E-state index is 0.278. The summed E-state index contributed by atoms with van der Waals surface area (Å²) >= 11 is 0. The maximum absolute atomic E-state index is 12.4. The summed E-state index contributed by atoms with van der Waals surface area (Å²) in [5.41, 5.74) is 0. The van der Waals surface area contributed by atoms with Gasteiger partial charge in [0.05, 0.1) is 17.9 Å². The van der Waals surface area contributed by atoms with Crippen molar-refractivity contribution in [3.05, 3.63) is 48.6 Å². The van der Waals surface area contributed by atoms with Gasteiger partial charge >= 0.3 is 0 Å². The van der Waals surface area contributed by atoms with Crippen LogP contribution < -0.4 is 5.32 Å². The first-order valence-electron chi connectivity index (χ1n) is 16.8. The smallest absolute Gasteiger partial charge is 0.267 e. The van der Waals surface area contributed by atoms with Crippen LogP contribution in [0.1, 0.15) is 149 Å². The topological polar surface area (TPSA) is 104 Å². The van der Waals surface area contributed by atoms with Crippen LogP contribution in [0.5, 0.6) is 0 Å². The quantitative estimate of drug-likeness (QED) is 0.0446. The third kappa shape index (κ3) is 29.8. The van der Waals surface area contributed by atoms with Gasteiger partial charge in [-0.15, -0.1) is 0 Å². The highest BCUT2D eigenvalue weighted by Gasteiger charge is 2.24. The molecule has 0 aliphatic heterocycles. The van der Waals surface area contributed by atoms with E-state index >= 15 is 0 Å². The maximum atomic E-state index is 12.4. The molecule has 6 nitrogen and oxygen atoms in total. The molecule has 0 aliphatic rings. The van der Waals surface area contributed by atoms with Crippen molar-refractivity contribution in [2.45, 2.75) is 161 Å². The predicted molar refractivity (Wildman–Crippen MR) is 179 cm³/mol. The van der Waals surface area contributed by atoms with Crippen LogP contribution in [0.25, 0.3) is 0 Å². The fourth-order valence-corrected chi connectivity index (χ4v) is 5.45. The predicted octanol–water partition coefficient (Wildman–Crippen LogP) is 9.18. The number of rotatable bonds is 29. The summed E-state index contributed by atoms with van der Waals surface area (Å²) in [5.74, 6) is -1.02. The molecule has 3 N–H and O–H groups in total. The lowest BCUT2D eigenvalue weighted by Gasteiger charge is -2.21. The van der Waals surface area contributed by atoms with E-state index in [-0.39, 0.29) is 12.3 Å². The van der Waals surface area contributed by atoms with Crippen LogP contribution in [0.4, 0.5) is 0 Å². The van der Waals surface area contributed by atoms with Crippen LogP contribution in [0.3, 0.4) is 0 Å². The Hall–Kier alpha value is -1.70. The number of aliphatic hydroxyl groups excluding tert-OH is 1. The summed E-state index contributed by atoms with van der Waals surface area (Å²) in [6, 6.07) is -1.08. The Bertz CT molecular complexity index is 847. The second-order valence-corrected chi connectivity index (χ2v) is 12.9. The number of carbonyl (C=O) groups excluding carboxylic acids is 1. The number of allylic oxidation sites excluding steroid dienone is 7. The van der Waals surface area contributed by atoms with Gasteiger partial charge in [0.2, 0.25) is 5.91 Å². The molecule has 7 heteroatoms. The van der Waals surface area contributed by atoms with E-state index < -0.39 is 28.0 Å². The molecule has 0 aromatic heterocycles. The Morgan fingerprint density at radius 3 is 1.62 bits per heavy atom. The van der Waals surface area contributed by atoms with Gasteiger partial charge in [0, 0.05) is 6.42 Å². The third-order valence-electron chi connectivity index (χ3n) is 7.22. The van der Waals surface area contributed by atoms with Crippen molar-refractivity contribution in [3.8, 4) is 0 Å². The number of hydrogen-bond donors (Lipinski definition) is 3. The van der Waals surface area contributed by atoms with Crippen LogP contribution in [0.15, 0.2) is 48.6 Å². The highest BCUT2D eigenvalue weighted by Crippen LogP contribution is 2.12. The zero-order chi connectivity index (χ0) is 31.2. The summed E-state index contributed by atoms with van der Waals surface area (Å²) in [5, 5.41) is 13.1. The standard InChI is InChI=1S/C35H63NO5S/c1-3-5-7-9-11-13-15-16-17-18-19-20-21-23-25-27-29-31-35(38)36-33(32-42(39,40)41)34(37)30-28-26-24-22-14-12-10-8-6-4-2/h6,8,14,16-17,22,28,30,33-34,37H,3-5,7,9-13,15,18-21,23-27,29,31-32H2,1-2H3,(H,36,38)(H,39,40,41)/b8-6+,17-16-,22-14+,30-28+. The lowest BCUT2D eigenvalue weighted by Crippen LogP contribution is -2.46. The summed E-state index contributed by atoms with van der Waals surface area (Å²) in [4.78, 5) is 12.4. The maximum Gasteiger partial charge on any atom is 0.267 e. The molecule has 0 aliphatic carbocycles. The van der Waals surface area contributed by atoms with Crippen molar-refractivity contribution >= 4 is 16.0 Å². The molecule has 0 heterocycles. The minimum atomic E-state index is -4.35. The van der Waals surface area contributed by atoms with E-state index in [2.05, 4.69) is 55.6 Å². The fourth-order valence-electron chi connectivity index (χ4n) is 4.72. The molecule has 244 valence electrons. The number of hydrogen-bond acceptors (Lipinski definition) is 4. The molecule has 42 heavy (non-hydrogen) atoms. The lowest BCUT2D eigenvalue weighted by atomic mass is 10.1. The van der Waals surface area contributed by atoms with Gasteiger partial charge in [0.15, 0.2) is 0 Å². The minimum Gasteiger partial charge on any atom is -0.387 e. The van der Waals surface area contributed by atoms with Crippen molar-refractivity contribution in [2.75, 3.05) is 5.75 Å². The van der Waals surface area contributed by atoms with Gasteiger partial charge in [-0.1, -0.05) is 127 Å². The van der Waals surface area contributed by atoms with E-state index in [1.165, 1.54) is 70.3 Å². The first-order chi connectivity index (χ1) is 20.3. The molecule has 0 saturated heterocycles. The molecule has 0 bridgehead atoms. The fraction of sp³-hybridized carbons (Fsp3) is 0.743. The number of carbonyl (C=O) groups is 1. The zero-order valence-electron chi connectivity index (χ0n) is 26.9. The molecule has 0 spiro atoms. The van der Waals surface area contributed by atoms with Crippen molar-refractivity contribution in [2.24, 2.45) is 0 Å². The van der Waals surface area contributed by atoms with Crippen molar-refractivity contribution in [1.82, 2.24) is 5.32 Å². The van der Waals surface area contributed by atoms with Gasteiger partial charge < -0.3 is 10.4 Å². The van der Waals surface area contributed by atoms with Crippen molar-refractivity contribution in [3.63, 3.8) is 0 Å². The summed E-state index contributed by atoms with van der Waals surface area (Å²) in [7, 11) is -4.35. The van der Waals surface area contributed by atoms with Crippen LogP contribution in [-0.4, -0.2) is 41.9 Å². The van der Waals surface area contributed by atoms with Crippen LogP contribution in [0, 0.1) is 0 Å². The summed E-state index contributed by atoms with van der Waals surface area (Å²) < 4.78 is 32.2. The molecular weight excluding hydrogens is 546 g/mol. The van der Waals surface area contributed by atoms with Crippen LogP contribution in [-0.2, 0) is 14.9 Å². The Labute approximate surface area is 259 Å². The number of unbranched alkanes of at least 4 members (excludes halogenated alkanes) is 15. The normalized spacial score (nSPS) is 14.1. The van der Waals surface area contributed by atoms with E-state index in [9.17, 15) is 22.9 Å².